The Morgan fingerprint density at radius 1 is 1.32 bits per heavy atom. The Balaban J connectivity index is 2.18. The molecule has 0 atom stereocenters. The lowest BCUT2D eigenvalue weighted by Crippen LogP contribution is -2.10. The molecule has 0 bridgehead atoms. The Bertz CT molecular complexity index is 597. The van der Waals surface area contributed by atoms with Crippen LogP contribution in [0.2, 0.25) is 0 Å². The molecule has 0 aliphatic carbocycles. The molecule has 0 amide bonds. The summed E-state index contributed by atoms with van der Waals surface area (Å²) in [4.78, 5) is 4.79. The van der Waals surface area contributed by atoms with Crippen LogP contribution in [0.25, 0.3) is 0 Å². The van der Waals surface area contributed by atoms with E-state index >= 15 is 0 Å². The molecule has 2 rings (SSSR count). The predicted octanol–water partition coefficient (Wildman–Crippen LogP) is 3.28. The second-order valence-electron chi connectivity index (χ2n) is 4.47. The predicted molar refractivity (Wildman–Crippen MR) is 83.0 cm³/mol. The highest BCUT2D eigenvalue weighted by Crippen LogP contribution is 2.26. The number of ether oxygens (including phenoxy) is 1. The number of thiocarbonyl (C=S) groups is 1. The molecule has 0 aliphatic heterocycles. The molecular weight excluding hydrogens is 276 g/mol. The highest BCUT2D eigenvalue weighted by molar-refractivity contribution is 7.80. The van der Waals surface area contributed by atoms with E-state index < -0.39 is 0 Å². The van der Waals surface area contributed by atoms with Crippen LogP contribution >= 0.6 is 23.6 Å². The number of aryl methyl sites for hydroxylation is 3. The molecule has 100 valence electrons. The molecular formula is C14H16N2OS2. The van der Waals surface area contributed by atoms with Crippen LogP contribution < -0.4 is 10.5 Å². The van der Waals surface area contributed by atoms with E-state index in [-0.39, 0.29) is 0 Å². The molecule has 2 aromatic rings. The normalized spacial score (nSPS) is 10.5. The summed E-state index contributed by atoms with van der Waals surface area (Å²) in [7, 11) is 0. The van der Waals surface area contributed by atoms with Crippen LogP contribution in [0.1, 0.15) is 27.4 Å². The highest BCUT2D eigenvalue weighted by atomic mass is 32.1. The number of rotatable bonds is 4. The van der Waals surface area contributed by atoms with E-state index in [2.05, 4.69) is 4.98 Å². The van der Waals surface area contributed by atoms with Crippen molar-refractivity contribution in [2.24, 2.45) is 5.73 Å². The fourth-order valence-electron chi connectivity index (χ4n) is 1.92. The lowest BCUT2D eigenvalue weighted by molar-refractivity contribution is 0.301. The lowest BCUT2D eigenvalue weighted by Gasteiger charge is -2.12. The molecule has 0 unspecified atom stereocenters. The van der Waals surface area contributed by atoms with Crippen molar-refractivity contribution in [3.63, 3.8) is 0 Å². The van der Waals surface area contributed by atoms with Gasteiger partial charge in [-0.3, -0.25) is 0 Å². The van der Waals surface area contributed by atoms with Gasteiger partial charge >= 0.3 is 0 Å². The minimum atomic E-state index is 0.410. The second-order valence-corrected chi connectivity index (χ2v) is 5.86. The number of benzene rings is 1. The van der Waals surface area contributed by atoms with Gasteiger partial charge in [0.15, 0.2) is 0 Å². The van der Waals surface area contributed by atoms with E-state index in [1.807, 2.05) is 38.3 Å². The zero-order valence-corrected chi connectivity index (χ0v) is 12.8. The minimum Gasteiger partial charge on any atom is -0.486 e. The standard InChI is InChI=1S/C14H16N2OS2/c1-8-4-11(14(15)18)5-9(2)13(8)17-6-12-16-10(3)7-19-12/h4-5,7H,6H2,1-3H3,(H2,15,18). The van der Waals surface area contributed by atoms with E-state index in [4.69, 9.17) is 22.7 Å². The third-order valence-electron chi connectivity index (χ3n) is 2.75. The fraction of sp³-hybridized carbons (Fsp3) is 0.286. The molecule has 2 N–H and O–H groups in total. The van der Waals surface area contributed by atoms with Crippen molar-refractivity contribution in [2.75, 3.05) is 0 Å². The van der Waals surface area contributed by atoms with Crippen molar-refractivity contribution in [1.82, 2.24) is 4.98 Å². The lowest BCUT2D eigenvalue weighted by atomic mass is 10.1. The molecule has 0 saturated heterocycles. The fourth-order valence-corrected chi connectivity index (χ4v) is 2.72. The number of aromatic nitrogens is 1. The van der Waals surface area contributed by atoms with E-state index in [1.165, 1.54) is 0 Å². The maximum atomic E-state index is 5.87. The van der Waals surface area contributed by atoms with E-state index in [0.29, 0.717) is 11.6 Å². The summed E-state index contributed by atoms with van der Waals surface area (Å²) in [5.74, 6) is 0.882. The quantitative estimate of drug-likeness (QED) is 0.879. The molecule has 1 aromatic heterocycles. The van der Waals surface area contributed by atoms with Crippen molar-refractivity contribution in [1.29, 1.82) is 0 Å². The number of hydrogen-bond acceptors (Lipinski definition) is 4. The maximum absolute atomic E-state index is 5.87. The molecule has 19 heavy (non-hydrogen) atoms. The van der Waals surface area contributed by atoms with Crippen LogP contribution in [0, 0.1) is 20.8 Å². The van der Waals surface area contributed by atoms with Gasteiger partial charge in [-0.25, -0.2) is 4.98 Å². The summed E-state index contributed by atoms with van der Waals surface area (Å²) < 4.78 is 5.87. The number of hydrogen-bond donors (Lipinski definition) is 1. The maximum Gasteiger partial charge on any atom is 0.140 e. The first kappa shape index (κ1) is 14.0. The SMILES string of the molecule is Cc1csc(COc2c(C)cc(C(N)=S)cc2C)n1. The van der Waals surface area contributed by atoms with Gasteiger partial charge in [-0.1, -0.05) is 12.2 Å². The van der Waals surface area contributed by atoms with E-state index in [1.54, 1.807) is 11.3 Å². The van der Waals surface area contributed by atoms with Gasteiger partial charge in [0.2, 0.25) is 0 Å². The first-order valence-corrected chi connectivity index (χ1v) is 7.21. The van der Waals surface area contributed by atoms with Crippen molar-refractivity contribution in [3.8, 4) is 5.75 Å². The Morgan fingerprint density at radius 2 is 1.95 bits per heavy atom. The molecule has 1 aromatic carbocycles. The zero-order chi connectivity index (χ0) is 14.0. The van der Waals surface area contributed by atoms with E-state index in [0.717, 1.165) is 33.1 Å². The summed E-state index contributed by atoms with van der Waals surface area (Å²) >= 11 is 6.61. The summed E-state index contributed by atoms with van der Waals surface area (Å²) in [5, 5.41) is 3.00. The van der Waals surface area contributed by atoms with Gasteiger partial charge in [-0.15, -0.1) is 11.3 Å². The molecule has 0 aliphatic rings. The topological polar surface area (TPSA) is 48.1 Å². The number of nitrogens with two attached hydrogens (primary N) is 1. The summed E-state index contributed by atoms with van der Waals surface area (Å²) in [6.07, 6.45) is 0. The van der Waals surface area contributed by atoms with Crippen molar-refractivity contribution >= 4 is 28.5 Å². The molecule has 0 saturated carbocycles. The van der Waals surface area contributed by atoms with Gasteiger partial charge < -0.3 is 10.5 Å². The van der Waals surface area contributed by atoms with Gasteiger partial charge in [0.1, 0.15) is 22.4 Å². The van der Waals surface area contributed by atoms with Gasteiger partial charge in [-0.2, -0.15) is 0 Å². The highest BCUT2D eigenvalue weighted by Gasteiger charge is 2.09. The average Bonchev–Trinajstić information content (AvgIpc) is 2.73. The molecule has 0 spiro atoms. The van der Waals surface area contributed by atoms with Crippen LogP contribution in [0.5, 0.6) is 5.75 Å². The molecule has 1 heterocycles. The van der Waals surface area contributed by atoms with Crippen molar-refractivity contribution in [3.05, 3.63) is 44.9 Å². The molecule has 5 heteroatoms. The Morgan fingerprint density at radius 3 is 2.42 bits per heavy atom. The monoisotopic (exact) mass is 292 g/mol. The summed E-state index contributed by atoms with van der Waals surface area (Å²) in [5.41, 5.74) is 9.63. The second kappa shape index (κ2) is 5.67. The Hall–Kier alpha value is -1.46. The van der Waals surface area contributed by atoms with Gasteiger partial charge in [-0.05, 0) is 44.0 Å². The van der Waals surface area contributed by atoms with Gasteiger partial charge in [0, 0.05) is 16.6 Å². The first-order valence-electron chi connectivity index (χ1n) is 5.92. The van der Waals surface area contributed by atoms with Crippen LogP contribution in [0.4, 0.5) is 0 Å². The van der Waals surface area contributed by atoms with Crippen molar-refractivity contribution < 1.29 is 4.74 Å². The summed E-state index contributed by atoms with van der Waals surface area (Å²) in [6.45, 7) is 6.47. The van der Waals surface area contributed by atoms with Crippen LogP contribution in [0.3, 0.4) is 0 Å². The third kappa shape index (κ3) is 3.30. The largest absolute Gasteiger partial charge is 0.486 e. The average molecular weight is 292 g/mol. The van der Waals surface area contributed by atoms with Crippen LogP contribution in [-0.4, -0.2) is 9.97 Å². The van der Waals surface area contributed by atoms with E-state index in [9.17, 15) is 0 Å². The van der Waals surface area contributed by atoms with Gasteiger partial charge in [0.05, 0.1) is 0 Å². The smallest absolute Gasteiger partial charge is 0.140 e. The summed E-state index contributed by atoms with van der Waals surface area (Å²) in [6, 6.07) is 3.91. The van der Waals surface area contributed by atoms with Crippen LogP contribution in [-0.2, 0) is 6.61 Å². The van der Waals surface area contributed by atoms with Crippen molar-refractivity contribution in [2.45, 2.75) is 27.4 Å². The Kier molecular flexibility index (Phi) is 4.17. The zero-order valence-electron chi connectivity index (χ0n) is 11.2. The molecule has 3 nitrogen and oxygen atoms in total. The third-order valence-corrected chi connectivity index (χ3v) is 3.93. The Labute approximate surface area is 122 Å². The number of thiazole rings is 1. The molecule has 0 radical (unpaired) electrons. The number of nitrogens with zero attached hydrogens (tertiary/aromatic N) is 1. The first-order chi connectivity index (χ1) is 8.97. The van der Waals surface area contributed by atoms with Gasteiger partial charge in [0.25, 0.3) is 0 Å². The van der Waals surface area contributed by atoms with Crippen LogP contribution in [0.15, 0.2) is 17.5 Å². The minimum absolute atomic E-state index is 0.410. The molecule has 0 fully saturated rings.